The number of para-hydroxylation sites is 1. The Balaban J connectivity index is 1.39. The average molecular weight is 369 g/mol. The predicted octanol–water partition coefficient (Wildman–Crippen LogP) is 1.44. The first-order chi connectivity index (χ1) is 13.1. The van der Waals surface area contributed by atoms with Crippen LogP contribution in [0.5, 0.6) is 0 Å². The summed E-state index contributed by atoms with van der Waals surface area (Å²) in [5, 5.41) is 6.83. The normalized spacial score (nSPS) is 21.7. The van der Waals surface area contributed by atoms with Crippen molar-refractivity contribution < 1.29 is 4.79 Å². The molecule has 27 heavy (non-hydrogen) atoms. The minimum Gasteiger partial charge on any atom is -0.341 e. The van der Waals surface area contributed by atoms with Gasteiger partial charge in [0, 0.05) is 19.5 Å². The monoisotopic (exact) mass is 369 g/mol. The molecule has 1 aromatic heterocycles. The molecule has 0 saturated carbocycles. The molecule has 0 radical (unpaired) electrons. The second kappa shape index (κ2) is 7.68. The van der Waals surface area contributed by atoms with Crippen molar-refractivity contribution >= 4 is 5.91 Å². The number of hydrogen-bond donors (Lipinski definition) is 1. The lowest BCUT2D eigenvalue weighted by Gasteiger charge is -2.34. The lowest BCUT2D eigenvalue weighted by molar-refractivity contribution is -0.137. The summed E-state index contributed by atoms with van der Waals surface area (Å²) in [5.41, 5.74) is 0.635. The van der Waals surface area contributed by atoms with E-state index >= 15 is 0 Å². The maximum absolute atomic E-state index is 12.7. The Morgan fingerprint density at radius 3 is 2.56 bits per heavy atom. The molecule has 0 unspecified atom stereocenters. The summed E-state index contributed by atoms with van der Waals surface area (Å²) in [4.78, 5) is 29.1. The lowest BCUT2D eigenvalue weighted by atomic mass is 9.92. The Bertz CT molecular complexity index is 836. The van der Waals surface area contributed by atoms with Crippen LogP contribution >= 0.6 is 0 Å². The van der Waals surface area contributed by atoms with Crippen molar-refractivity contribution in [2.75, 3.05) is 26.7 Å². The SMILES string of the molecule is CN1CCC[C@H]1C(=O)N1CCC(Cc2n[nH]c(=O)n2-c2ccccc2)CC1. The number of rotatable bonds is 4. The first-order valence-corrected chi connectivity index (χ1v) is 9.84. The molecule has 2 saturated heterocycles. The summed E-state index contributed by atoms with van der Waals surface area (Å²) in [6.07, 6.45) is 4.75. The third-order valence-electron chi connectivity index (χ3n) is 5.96. The Kier molecular flexibility index (Phi) is 5.11. The van der Waals surface area contributed by atoms with Gasteiger partial charge in [0.1, 0.15) is 5.82 Å². The Hall–Kier alpha value is -2.41. The number of likely N-dealkylation sites (tertiary alicyclic amines) is 2. The highest BCUT2D eigenvalue weighted by Gasteiger charge is 2.33. The zero-order chi connectivity index (χ0) is 18.8. The number of amides is 1. The molecule has 1 amide bonds. The number of likely N-dealkylation sites (N-methyl/N-ethyl adjacent to an activating group) is 1. The van der Waals surface area contributed by atoms with E-state index in [0.717, 1.165) is 63.3 Å². The fourth-order valence-corrected chi connectivity index (χ4v) is 4.36. The average Bonchev–Trinajstić information content (AvgIpc) is 3.28. The zero-order valence-electron chi connectivity index (χ0n) is 15.8. The first-order valence-electron chi connectivity index (χ1n) is 9.84. The van der Waals surface area contributed by atoms with Crippen molar-refractivity contribution in [3.63, 3.8) is 0 Å². The number of H-pyrrole nitrogens is 1. The highest BCUT2D eigenvalue weighted by Crippen LogP contribution is 2.24. The molecule has 2 aromatic rings. The minimum absolute atomic E-state index is 0.0659. The number of benzene rings is 1. The fourth-order valence-electron chi connectivity index (χ4n) is 4.36. The van der Waals surface area contributed by atoms with Gasteiger partial charge in [-0.15, -0.1) is 0 Å². The third-order valence-corrected chi connectivity index (χ3v) is 5.96. The van der Waals surface area contributed by atoms with Crippen LogP contribution in [0.2, 0.25) is 0 Å². The Morgan fingerprint density at radius 1 is 1.15 bits per heavy atom. The molecule has 2 aliphatic rings. The van der Waals surface area contributed by atoms with Crippen molar-refractivity contribution in [2.45, 2.75) is 38.1 Å². The van der Waals surface area contributed by atoms with E-state index in [0.29, 0.717) is 5.92 Å². The minimum atomic E-state index is -0.201. The molecule has 0 aliphatic carbocycles. The van der Waals surface area contributed by atoms with Gasteiger partial charge in [0.25, 0.3) is 0 Å². The Morgan fingerprint density at radius 2 is 1.89 bits per heavy atom. The predicted molar refractivity (Wildman–Crippen MR) is 103 cm³/mol. The van der Waals surface area contributed by atoms with Gasteiger partial charge < -0.3 is 4.90 Å². The van der Waals surface area contributed by atoms with Crippen molar-refractivity contribution in [2.24, 2.45) is 5.92 Å². The van der Waals surface area contributed by atoms with Gasteiger partial charge in [-0.3, -0.25) is 9.69 Å². The quantitative estimate of drug-likeness (QED) is 0.885. The van der Waals surface area contributed by atoms with Crippen LogP contribution in [-0.2, 0) is 11.2 Å². The van der Waals surface area contributed by atoms with Crippen molar-refractivity contribution in [3.05, 3.63) is 46.6 Å². The molecule has 0 spiro atoms. The van der Waals surface area contributed by atoms with Gasteiger partial charge in [0.05, 0.1) is 11.7 Å². The summed E-state index contributed by atoms with van der Waals surface area (Å²) in [6.45, 7) is 2.62. The molecule has 1 aromatic carbocycles. The second-order valence-electron chi connectivity index (χ2n) is 7.73. The number of hydrogen-bond acceptors (Lipinski definition) is 4. The standard InChI is InChI=1S/C20H27N5O2/c1-23-11-5-8-17(23)19(26)24-12-9-15(10-13-24)14-18-21-22-20(27)25(18)16-6-3-2-4-7-16/h2-4,6-7,15,17H,5,8-14H2,1H3,(H,22,27)/t17-/m0/s1. The maximum atomic E-state index is 12.7. The molecule has 144 valence electrons. The number of carbonyl (C=O) groups is 1. The molecule has 4 rings (SSSR count). The number of carbonyl (C=O) groups excluding carboxylic acids is 1. The van der Waals surface area contributed by atoms with Gasteiger partial charge in [0.2, 0.25) is 5.91 Å². The van der Waals surface area contributed by atoms with Crippen molar-refractivity contribution in [3.8, 4) is 5.69 Å². The molecule has 2 fully saturated rings. The number of nitrogens with one attached hydrogen (secondary N) is 1. The third kappa shape index (κ3) is 3.69. The van der Waals surface area contributed by atoms with Crippen LogP contribution in [0.15, 0.2) is 35.1 Å². The van der Waals surface area contributed by atoms with Gasteiger partial charge in [-0.1, -0.05) is 18.2 Å². The van der Waals surface area contributed by atoms with Crippen LogP contribution in [0.3, 0.4) is 0 Å². The summed E-state index contributed by atoms with van der Waals surface area (Å²) >= 11 is 0. The van der Waals surface area contributed by atoms with Crippen LogP contribution in [0.25, 0.3) is 5.69 Å². The molecule has 0 bridgehead atoms. The molecular weight excluding hydrogens is 342 g/mol. The molecule has 1 N–H and O–H groups in total. The smallest absolute Gasteiger partial charge is 0.341 e. The molecular formula is C20H27N5O2. The van der Waals surface area contributed by atoms with Crippen LogP contribution < -0.4 is 5.69 Å². The molecule has 2 aliphatic heterocycles. The highest BCUT2D eigenvalue weighted by molar-refractivity contribution is 5.82. The van der Waals surface area contributed by atoms with E-state index < -0.39 is 0 Å². The molecule has 1 atom stereocenters. The first kappa shape index (κ1) is 18.0. The fraction of sp³-hybridized carbons (Fsp3) is 0.550. The van der Waals surface area contributed by atoms with Crippen LogP contribution in [0.4, 0.5) is 0 Å². The largest absolute Gasteiger partial charge is 0.347 e. The second-order valence-corrected chi connectivity index (χ2v) is 7.73. The van der Waals surface area contributed by atoms with E-state index in [2.05, 4.69) is 15.1 Å². The topological polar surface area (TPSA) is 74.2 Å². The highest BCUT2D eigenvalue weighted by atomic mass is 16.2. The molecule has 3 heterocycles. The summed E-state index contributed by atoms with van der Waals surface area (Å²) in [6, 6.07) is 9.67. The summed E-state index contributed by atoms with van der Waals surface area (Å²) in [7, 11) is 2.04. The number of aromatic amines is 1. The Labute approximate surface area is 159 Å². The molecule has 7 nitrogen and oxygen atoms in total. The number of aromatic nitrogens is 3. The van der Waals surface area contributed by atoms with E-state index in [-0.39, 0.29) is 17.6 Å². The van der Waals surface area contributed by atoms with E-state index in [1.807, 2.05) is 42.3 Å². The van der Waals surface area contributed by atoms with Gasteiger partial charge in [-0.25, -0.2) is 14.5 Å². The summed E-state index contributed by atoms with van der Waals surface area (Å²) in [5.74, 6) is 1.49. The van der Waals surface area contributed by atoms with Crippen LogP contribution in [0, 0.1) is 5.92 Å². The van der Waals surface area contributed by atoms with Gasteiger partial charge in [0.15, 0.2) is 0 Å². The number of piperidine rings is 1. The van der Waals surface area contributed by atoms with Crippen molar-refractivity contribution in [1.29, 1.82) is 0 Å². The van der Waals surface area contributed by atoms with Crippen LogP contribution in [-0.4, -0.2) is 63.2 Å². The van der Waals surface area contributed by atoms with E-state index in [1.54, 1.807) is 4.57 Å². The lowest BCUT2D eigenvalue weighted by Crippen LogP contribution is -2.47. The van der Waals surface area contributed by atoms with Crippen LogP contribution in [0.1, 0.15) is 31.5 Å². The maximum Gasteiger partial charge on any atom is 0.347 e. The number of nitrogens with zero attached hydrogens (tertiary/aromatic N) is 4. The van der Waals surface area contributed by atoms with Gasteiger partial charge in [-0.2, -0.15) is 5.10 Å². The van der Waals surface area contributed by atoms with Gasteiger partial charge in [-0.05, 0) is 57.3 Å². The molecule has 7 heteroatoms. The van der Waals surface area contributed by atoms with Gasteiger partial charge >= 0.3 is 5.69 Å². The van der Waals surface area contributed by atoms with E-state index in [9.17, 15) is 9.59 Å². The van der Waals surface area contributed by atoms with E-state index in [4.69, 9.17) is 0 Å². The summed E-state index contributed by atoms with van der Waals surface area (Å²) < 4.78 is 1.66. The zero-order valence-corrected chi connectivity index (χ0v) is 15.8. The van der Waals surface area contributed by atoms with E-state index in [1.165, 1.54) is 0 Å². The van der Waals surface area contributed by atoms with Crippen molar-refractivity contribution in [1.82, 2.24) is 24.6 Å².